The van der Waals surface area contributed by atoms with E-state index in [0.717, 1.165) is 28.8 Å². The molecule has 0 amide bonds. The first-order valence-corrected chi connectivity index (χ1v) is 13.8. The Bertz CT molecular complexity index is 1560. The standard InChI is InChI=1S/C19H22N2O6.C13H15NO4/c1-13-17(19(22)26-4)16(27-12-25-3)10-15(18(13)21(23)24)20(2)11-14-8-6-5-7-9-14;1-8-11(13(15)17-3)10(18-7-16-2)6-9-4-5-14-12(8)9/h5-10H,11-12H2,1-4H3;5-6H,4,7H2,1-3H3. The Hall–Kier alpha value is -5.01. The van der Waals surface area contributed by atoms with Crippen molar-refractivity contribution in [3.05, 3.63) is 86.0 Å². The SMILES string of the molecule is COCOc1cc(N(C)Cc2ccccc2)c([N+](=O)[O-])c(C)c1C(=O)OC.COCOc1cc2c(c(C)c1C(=O)OC)N=CC2. The minimum absolute atomic E-state index is 0.0121. The van der Waals surface area contributed by atoms with Crippen LogP contribution in [-0.4, -0.2) is 72.1 Å². The van der Waals surface area contributed by atoms with Gasteiger partial charge in [0.15, 0.2) is 13.6 Å². The Kier molecular flexibility index (Phi) is 12.4. The van der Waals surface area contributed by atoms with Gasteiger partial charge in [-0.2, -0.15) is 0 Å². The molecule has 1 heterocycles. The minimum Gasteiger partial charge on any atom is -0.467 e. The maximum atomic E-state index is 12.2. The van der Waals surface area contributed by atoms with Crippen LogP contribution in [0, 0.1) is 24.0 Å². The zero-order valence-electron chi connectivity index (χ0n) is 26.4. The normalized spacial score (nSPS) is 11.2. The molecule has 3 aromatic carbocycles. The van der Waals surface area contributed by atoms with Crippen molar-refractivity contribution in [2.24, 2.45) is 4.99 Å². The molecule has 0 radical (unpaired) electrons. The van der Waals surface area contributed by atoms with Crippen molar-refractivity contribution in [1.82, 2.24) is 0 Å². The van der Waals surface area contributed by atoms with Crippen molar-refractivity contribution in [2.45, 2.75) is 26.8 Å². The second kappa shape index (κ2) is 16.2. The predicted octanol–water partition coefficient (Wildman–Crippen LogP) is 5.33. The van der Waals surface area contributed by atoms with E-state index in [1.54, 1.807) is 11.9 Å². The van der Waals surface area contributed by atoms with Gasteiger partial charge in [-0.05, 0) is 36.6 Å². The fourth-order valence-corrected chi connectivity index (χ4v) is 4.82. The van der Waals surface area contributed by atoms with Crippen LogP contribution in [0.2, 0.25) is 0 Å². The first-order chi connectivity index (χ1) is 21.6. The van der Waals surface area contributed by atoms with E-state index in [4.69, 9.17) is 28.4 Å². The molecule has 13 nitrogen and oxygen atoms in total. The Morgan fingerprint density at radius 1 is 0.889 bits per heavy atom. The van der Waals surface area contributed by atoms with Crippen LogP contribution in [0.4, 0.5) is 17.1 Å². The van der Waals surface area contributed by atoms with E-state index in [0.29, 0.717) is 23.5 Å². The quantitative estimate of drug-likeness (QED) is 0.112. The lowest BCUT2D eigenvalue weighted by molar-refractivity contribution is -0.384. The number of fused-ring (bicyclic) bond motifs is 1. The molecule has 0 aromatic heterocycles. The molecule has 1 aliphatic rings. The van der Waals surface area contributed by atoms with Gasteiger partial charge in [0.1, 0.15) is 28.3 Å². The van der Waals surface area contributed by atoms with E-state index in [1.807, 2.05) is 49.5 Å². The molecule has 0 atom stereocenters. The number of anilines is 1. The summed E-state index contributed by atoms with van der Waals surface area (Å²) in [6.07, 6.45) is 2.57. The van der Waals surface area contributed by atoms with E-state index < -0.39 is 16.9 Å². The van der Waals surface area contributed by atoms with Crippen LogP contribution in [0.5, 0.6) is 11.5 Å². The minimum atomic E-state index is -0.709. The van der Waals surface area contributed by atoms with Crippen LogP contribution >= 0.6 is 0 Å². The number of ether oxygens (including phenoxy) is 6. The van der Waals surface area contributed by atoms with Crippen molar-refractivity contribution >= 4 is 35.2 Å². The molecule has 4 rings (SSSR count). The van der Waals surface area contributed by atoms with Crippen molar-refractivity contribution in [3.63, 3.8) is 0 Å². The summed E-state index contributed by atoms with van der Waals surface area (Å²) in [5.74, 6) is -0.491. The number of carbonyl (C=O) groups is 2. The first kappa shape index (κ1) is 34.5. The fourth-order valence-electron chi connectivity index (χ4n) is 4.82. The number of nitrogens with zero attached hydrogens (tertiary/aromatic N) is 3. The molecule has 1 aliphatic heterocycles. The molecule has 0 saturated carbocycles. The molecule has 3 aromatic rings. The lowest BCUT2D eigenvalue weighted by Gasteiger charge is -2.22. The first-order valence-electron chi connectivity index (χ1n) is 13.8. The largest absolute Gasteiger partial charge is 0.467 e. The van der Waals surface area contributed by atoms with Crippen LogP contribution in [0.25, 0.3) is 0 Å². The number of nitro groups is 1. The zero-order chi connectivity index (χ0) is 33.1. The Morgan fingerprint density at radius 3 is 1.98 bits per heavy atom. The summed E-state index contributed by atoms with van der Waals surface area (Å²) in [5, 5.41) is 11.7. The van der Waals surface area contributed by atoms with E-state index in [-0.39, 0.29) is 36.1 Å². The van der Waals surface area contributed by atoms with Crippen LogP contribution in [0.3, 0.4) is 0 Å². The number of carbonyl (C=O) groups excluding carboxylic acids is 2. The molecule has 0 spiro atoms. The molecular weight excluding hydrogens is 586 g/mol. The van der Waals surface area contributed by atoms with Gasteiger partial charge in [-0.25, -0.2) is 9.59 Å². The van der Waals surface area contributed by atoms with Crippen molar-refractivity contribution in [3.8, 4) is 11.5 Å². The highest BCUT2D eigenvalue weighted by molar-refractivity contribution is 5.98. The van der Waals surface area contributed by atoms with Gasteiger partial charge >= 0.3 is 11.9 Å². The van der Waals surface area contributed by atoms with Crippen molar-refractivity contribution in [1.29, 1.82) is 0 Å². The lowest BCUT2D eigenvalue weighted by Crippen LogP contribution is -2.20. The highest BCUT2D eigenvalue weighted by Gasteiger charge is 2.30. The molecule has 45 heavy (non-hydrogen) atoms. The third kappa shape index (κ3) is 8.13. The van der Waals surface area contributed by atoms with Crippen molar-refractivity contribution < 1.29 is 42.9 Å². The second-order valence-electron chi connectivity index (χ2n) is 9.82. The second-order valence-corrected chi connectivity index (χ2v) is 9.82. The monoisotopic (exact) mass is 623 g/mol. The van der Waals surface area contributed by atoms with Gasteiger partial charge in [0.2, 0.25) is 0 Å². The molecular formula is C32H37N3O10. The van der Waals surface area contributed by atoms with E-state index in [9.17, 15) is 19.7 Å². The van der Waals surface area contributed by atoms with Gasteiger partial charge in [-0.1, -0.05) is 30.3 Å². The molecule has 240 valence electrons. The van der Waals surface area contributed by atoms with Crippen LogP contribution in [-0.2, 0) is 31.9 Å². The number of nitro benzene ring substituents is 1. The third-order valence-corrected chi connectivity index (χ3v) is 6.90. The van der Waals surface area contributed by atoms with Crippen LogP contribution < -0.4 is 14.4 Å². The van der Waals surface area contributed by atoms with Crippen molar-refractivity contribution in [2.75, 3.05) is 54.0 Å². The molecule has 0 aliphatic carbocycles. The van der Waals surface area contributed by atoms with Gasteiger partial charge in [0, 0.05) is 52.1 Å². The summed E-state index contributed by atoms with van der Waals surface area (Å²) < 4.78 is 30.3. The summed E-state index contributed by atoms with van der Waals surface area (Å²) in [6.45, 7) is 3.77. The number of benzene rings is 3. The number of methoxy groups -OCH3 is 4. The Balaban J connectivity index is 0.000000265. The molecule has 0 bridgehead atoms. The highest BCUT2D eigenvalue weighted by Crippen LogP contribution is 2.40. The average molecular weight is 624 g/mol. The molecule has 0 saturated heterocycles. The maximum absolute atomic E-state index is 12.2. The highest BCUT2D eigenvalue weighted by atomic mass is 16.7. The van der Waals surface area contributed by atoms with Crippen LogP contribution in [0.1, 0.15) is 43.0 Å². The summed E-state index contributed by atoms with van der Waals surface area (Å²) in [7, 11) is 7.27. The zero-order valence-corrected chi connectivity index (χ0v) is 26.4. The third-order valence-electron chi connectivity index (χ3n) is 6.90. The Morgan fingerprint density at radius 2 is 1.44 bits per heavy atom. The lowest BCUT2D eigenvalue weighted by atomic mass is 10.0. The summed E-state index contributed by atoms with van der Waals surface area (Å²) in [6, 6.07) is 12.9. The number of hydrogen-bond donors (Lipinski definition) is 0. The number of esters is 2. The summed E-state index contributed by atoms with van der Waals surface area (Å²) in [4.78, 5) is 41.3. The molecule has 0 unspecified atom stereocenters. The van der Waals surface area contributed by atoms with Gasteiger partial charge in [-0.3, -0.25) is 15.1 Å². The van der Waals surface area contributed by atoms with Gasteiger partial charge in [-0.15, -0.1) is 0 Å². The molecule has 13 heteroatoms. The molecule has 0 fully saturated rings. The smallest absolute Gasteiger partial charge is 0.342 e. The predicted molar refractivity (Wildman–Crippen MR) is 167 cm³/mol. The fraction of sp³-hybridized carbons (Fsp3) is 0.344. The van der Waals surface area contributed by atoms with E-state index in [1.165, 1.54) is 41.4 Å². The topological polar surface area (TPSA) is 148 Å². The van der Waals surface area contributed by atoms with E-state index >= 15 is 0 Å². The summed E-state index contributed by atoms with van der Waals surface area (Å²) >= 11 is 0. The molecule has 0 N–H and O–H groups in total. The van der Waals surface area contributed by atoms with Gasteiger partial charge < -0.3 is 33.3 Å². The summed E-state index contributed by atoms with van der Waals surface area (Å²) in [5.41, 5.74) is 4.41. The van der Waals surface area contributed by atoms with Gasteiger partial charge in [0.25, 0.3) is 5.69 Å². The Labute approximate surface area is 261 Å². The number of aliphatic imine (C=N–C) groups is 1. The van der Waals surface area contributed by atoms with Crippen LogP contribution in [0.15, 0.2) is 47.5 Å². The average Bonchev–Trinajstić information content (AvgIpc) is 3.51. The maximum Gasteiger partial charge on any atom is 0.342 e. The van der Waals surface area contributed by atoms with E-state index in [2.05, 4.69) is 4.99 Å². The van der Waals surface area contributed by atoms with Gasteiger partial charge in [0.05, 0.1) is 24.8 Å². The number of rotatable bonds is 12. The number of hydrogen-bond acceptors (Lipinski definition) is 12.